The minimum atomic E-state index is -0.186. The van der Waals surface area contributed by atoms with E-state index < -0.39 is 0 Å². The van der Waals surface area contributed by atoms with Gasteiger partial charge in [0.15, 0.2) is 0 Å². The summed E-state index contributed by atoms with van der Waals surface area (Å²) in [6.45, 7) is 13.9. The molecule has 320 valence electrons. The molecule has 0 heterocycles. The van der Waals surface area contributed by atoms with E-state index in [1.54, 1.807) is 0 Å². The molecule has 0 atom stereocenters. The van der Waals surface area contributed by atoms with Gasteiger partial charge in [-0.1, -0.05) is 173 Å². The second kappa shape index (κ2) is 16.1. The molecule has 0 fully saturated rings. The maximum absolute atomic E-state index is 2.43. The Labute approximate surface area is 390 Å². The molecule has 0 radical (unpaired) electrons. The number of hydrogen-bond acceptors (Lipinski definition) is 2. The molecule has 66 heavy (non-hydrogen) atoms. The molecule has 0 aliphatic heterocycles. The van der Waals surface area contributed by atoms with Crippen LogP contribution in [0.15, 0.2) is 206 Å². The topological polar surface area (TPSA) is 6.48 Å². The first-order valence-electron chi connectivity index (χ1n) is 23.2. The lowest BCUT2D eigenvalue weighted by Crippen LogP contribution is -2.17. The summed E-state index contributed by atoms with van der Waals surface area (Å²) in [6, 6.07) is 75.9. The summed E-state index contributed by atoms with van der Waals surface area (Å²) in [5.74, 6) is 0. The molecule has 2 nitrogen and oxygen atoms in total. The van der Waals surface area contributed by atoms with Crippen molar-refractivity contribution < 1.29 is 0 Å². The molecule has 9 aromatic rings. The van der Waals surface area contributed by atoms with Crippen LogP contribution in [0.25, 0.3) is 45.5 Å². The Morgan fingerprint density at radius 2 is 0.652 bits per heavy atom. The largest absolute Gasteiger partial charge is 0.310 e. The fraction of sp³-hybridized carbons (Fsp3) is 0.125. The van der Waals surface area contributed by atoms with Crippen LogP contribution >= 0.6 is 0 Å². The van der Waals surface area contributed by atoms with E-state index in [9.17, 15) is 0 Å². The highest BCUT2D eigenvalue weighted by atomic mass is 15.1. The third-order valence-electron chi connectivity index (χ3n) is 14.1. The average Bonchev–Trinajstić information content (AvgIpc) is 3.70. The van der Waals surface area contributed by atoms with Crippen molar-refractivity contribution in [1.82, 2.24) is 0 Å². The zero-order valence-corrected chi connectivity index (χ0v) is 38.7. The van der Waals surface area contributed by atoms with Crippen molar-refractivity contribution in [2.24, 2.45) is 0 Å². The number of hydrogen-bond donors (Lipinski definition) is 0. The van der Waals surface area contributed by atoms with Crippen LogP contribution in [0.3, 0.4) is 0 Å². The molecular formula is C64H54N2. The zero-order valence-electron chi connectivity index (χ0n) is 38.7. The van der Waals surface area contributed by atoms with Crippen LogP contribution < -0.4 is 9.80 Å². The SMILES string of the molecule is Cc1cc(C)cc(N(c2ccc(-c3ccccc3)cc2)c2ccc3c(c2)C(C)(C)c2cc(C=Cc4ccc5c(c4)C(C)(C)c4cc(N(c6ccccc6)c6ccccc6)ccc4-5)ccc2-3)c1. The van der Waals surface area contributed by atoms with Crippen molar-refractivity contribution in [2.75, 3.05) is 9.80 Å². The Hall–Kier alpha value is -7.68. The average molecular weight is 851 g/mol. The van der Waals surface area contributed by atoms with Crippen molar-refractivity contribution in [2.45, 2.75) is 52.4 Å². The molecular weight excluding hydrogens is 797 g/mol. The Balaban J connectivity index is 0.885. The third kappa shape index (κ3) is 7.14. The number of benzene rings is 9. The minimum absolute atomic E-state index is 0.162. The van der Waals surface area contributed by atoms with Crippen molar-refractivity contribution in [3.8, 4) is 33.4 Å². The van der Waals surface area contributed by atoms with E-state index in [0.717, 1.165) is 28.4 Å². The summed E-state index contributed by atoms with van der Waals surface area (Å²) in [6.07, 6.45) is 4.58. The number of nitrogens with zero attached hydrogens (tertiary/aromatic N) is 2. The van der Waals surface area contributed by atoms with Crippen molar-refractivity contribution in [3.63, 3.8) is 0 Å². The summed E-state index contributed by atoms with van der Waals surface area (Å²) in [5, 5.41) is 0. The first kappa shape index (κ1) is 41.1. The minimum Gasteiger partial charge on any atom is -0.310 e. The summed E-state index contributed by atoms with van der Waals surface area (Å²) < 4.78 is 0. The Morgan fingerprint density at radius 1 is 0.303 bits per heavy atom. The molecule has 2 aliphatic carbocycles. The van der Waals surface area contributed by atoms with Gasteiger partial charge in [-0.3, -0.25) is 0 Å². The van der Waals surface area contributed by atoms with Crippen molar-refractivity contribution >= 4 is 46.3 Å². The molecule has 0 bridgehead atoms. The van der Waals surface area contributed by atoms with Gasteiger partial charge in [0, 0.05) is 45.0 Å². The molecule has 2 heteroatoms. The number of fused-ring (bicyclic) bond motifs is 6. The van der Waals surface area contributed by atoms with Crippen LogP contribution in [0.4, 0.5) is 34.1 Å². The molecule has 0 N–H and O–H groups in total. The predicted molar refractivity (Wildman–Crippen MR) is 281 cm³/mol. The van der Waals surface area contributed by atoms with Gasteiger partial charge in [-0.25, -0.2) is 0 Å². The van der Waals surface area contributed by atoms with Gasteiger partial charge < -0.3 is 9.80 Å². The van der Waals surface area contributed by atoms with E-state index in [4.69, 9.17) is 0 Å². The highest BCUT2D eigenvalue weighted by molar-refractivity contribution is 5.89. The van der Waals surface area contributed by atoms with E-state index in [2.05, 4.69) is 270 Å². The Kier molecular flexibility index (Phi) is 10.0. The van der Waals surface area contributed by atoms with Gasteiger partial charge >= 0.3 is 0 Å². The quantitative estimate of drug-likeness (QED) is 0.134. The monoisotopic (exact) mass is 850 g/mol. The van der Waals surface area contributed by atoms with Gasteiger partial charge in [-0.2, -0.15) is 0 Å². The van der Waals surface area contributed by atoms with E-state index in [1.165, 1.54) is 83.6 Å². The fourth-order valence-electron chi connectivity index (χ4n) is 10.7. The van der Waals surface area contributed by atoms with Crippen molar-refractivity contribution in [1.29, 1.82) is 0 Å². The summed E-state index contributed by atoms with van der Waals surface area (Å²) in [4.78, 5) is 4.78. The molecule has 0 spiro atoms. The molecule has 2 aliphatic rings. The van der Waals surface area contributed by atoms with Gasteiger partial charge in [0.1, 0.15) is 0 Å². The lowest BCUT2D eigenvalue weighted by atomic mass is 9.81. The lowest BCUT2D eigenvalue weighted by Gasteiger charge is -2.29. The van der Waals surface area contributed by atoms with Gasteiger partial charge in [-0.05, 0) is 165 Å². The standard InChI is InChI=1S/C64H54N2/c1-43-36-44(2)38-54(37-43)66(51-28-26-48(27-29-51)47-16-10-7-11-17-47)53-31-35-58-56-33-25-46(40-60(56)64(5,6)62(58)42-53)23-22-45-24-32-55-57-34-30-52(41-61(57)63(3,4)59(55)39-45)65(49-18-12-8-13-19-49)50-20-14-9-15-21-50/h7-42H,1-6H3. The summed E-state index contributed by atoms with van der Waals surface area (Å²) in [7, 11) is 0. The summed E-state index contributed by atoms with van der Waals surface area (Å²) >= 11 is 0. The normalized spacial score (nSPS) is 13.8. The molecule has 0 unspecified atom stereocenters. The fourth-order valence-corrected chi connectivity index (χ4v) is 10.7. The van der Waals surface area contributed by atoms with Crippen LogP contribution in [-0.4, -0.2) is 0 Å². The van der Waals surface area contributed by atoms with Gasteiger partial charge in [0.2, 0.25) is 0 Å². The summed E-state index contributed by atoms with van der Waals surface area (Å²) in [5.41, 5.74) is 24.6. The molecule has 11 rings (SSSR count). The molecule has 0 saturated heterocycles. The molecule has 9 aromatic carbocycles. The Morgan fingerprint density at radius 3 is 1.11 bits per heavy atom. The van der Waals surface area contributed by atoms with Crippen LogP contribution in [0.1, 0.15) is 72.2 Å². The second-order valence-electron chi connectivity index (χ2n) is 19.3. The smallest absolute Gasteiger partial charge is 0.0466 e. The van der Waals surface area contributed by atoms with Gasteiger partial charge in [0.05, 0.1) is 0 Å². The highest BCUT2D eigenvalue weighted by Crippen LogP contribution is 2.53. The number of para-hydroxylation sites is 2. The molecule has 0 aromatic heterocycles. The number of rotatable bonds is 9. The first-order chi connectivity index (χ1) is 32.0. The van der Waals surface area contributed by atoms with Crippen LogP contribution in [0, 0.1) is 13.8 Å². The highest BCUT2D eigenvalue weighted by Gasteiger charge is 2.37. The van der Waals surface area contributed by atoms with E-state index in [-0.39, 0.29) is 10.8 Å². The van der Waals surface area contributed by atoms with Crippen LogP contribution in [0.2, 0.25) is 0 Å². The molecule has 0 saturated carbocycles. The van der Waals surface area contributed by atoms with Crippen molar-refractivity contribution in [3.05, 3.63) is 251 Å². The second-order valence-corrected chi connectivity index (χ2v) is 19.3. The maximum Gasteiger partial charge on any atom is 0.0466 e. The lowest BCUT2D eigenvalue weighted by molar-refractivity contribution is 0.660. The third-order valence-corrected chi connectivity index (χ3v) is 14.1. The Bertz CT molecular complexity index is 3240. The number of anilines is 6. The van der Waals surface area contributed by atoms with E-state index >= 15 is 0 Å². The van der Waals surface area contributed by atoms with E-state index in [1.807, 2.05) is 0 Å². The van der Waals surface area contributed by atoms with Crippen LogP contribution in [-0.2, 0) is 10.8 Å². The van der Waals surface area contributed by atoms with Gasteiger partial charge in [0.25, 0.3) is 0 Å². The zero-order chi connectivity index (χ0) is 45.2. The predicted octanol–water partition coefficient (Wildman–Crippen LogP) is 17.7. The van der Waals surface area contributed by atoms with E-state index in [0.29, 0.717) is 0 Å². The first-order valence-corrected chi connectivity index (χ1v) is 23.2. The van der Waals surface area contributed by atoms with Crippen LogP contribution in [0.5, 0.6) is 0 Å². The van der Waals surface area contributed by atoms with Gasteiger partial charge in [-0.15, -0.1) is 0 Å². The molecule has 0 amide bonds. The maximum atomic E-state index is 2.43. The number of aryl methyl sites for hydroxylation is 2.